The summed E-state index contributed by atoms with van der Waals surface area (Å²) in [5, 5.41) is 0. The van der Waals surface area contributed by atoms with Gasteiger partial charge in [0.05, 0.1) is 19.6 Å². The zero-order valence-corrected chi connectivity index (χ0v) is 21.9. The van der Waals surface area contributed by atoms with Gasteiger partial charge in [0.1, 0.15) is 23.3 Å². The van der Waals surface area contributed by atoms with Gasteiger partial charge in [0.2, 0.25) is 5.91 Å². The Kier molecular flexibility index (Phi) is 10.9. The minimum absolute atomic E-state index is 0.214. The van der Waals surface area contributed by atoms with E-state index in [1.54, 1.807) is 41.5 Å². The van der Waals surface area contributed by atoms with Crippen molar-refractivity contribution in [1.82, 2.24) is 4.90 Å². The molecular weight excluding hydrogens is 434 g/mol. The van der Waals surface area contributed by atoms with Crippen LogP contribution in [0.15, 0.2) is 0 Å². The lowest BCUT2D eigenvalue weighted by atomic mass is 10.1. The Morgan fingerprint density at radius 2 is 1.41 bits per heavy atom. The summed E-state index contributed by atoms with van der Waals surface area (Å²) >= 11 is 0. The maximum atomic E-state index is 12.9. The molecule has 0 fully saturated rings. The molecule has 4 N–H and O–H groups in total. The molecule has 0 aromatic heterocycles. The number of carbonyl (C=O) groups excluding carboxylic acids is 4. The summed E-state index contributed by atoms with van der Waals surface area (Å²) in [6, 6.07) is -1.92. The number of nitrogens with zero attached hydrogens (tertiary/aromatic N) is 1. The van der Waals surface area contributed by atoms with Crippen LogP contribution in [0.2, 0.25) is 25.7 Å². The average molecular weight is 476 g/mol. The molecule has 0 heterocycles. The number of esters is 2. The second-order valence-electron chi connectivity index (χ2n) is 10.9. The fourth-order valence-electron chi connectivity index (χ4n) is 2.38. The average Bonchev–Trinajstić information content (AvgIpc) is 2.52. The molecule has 0 saturated carbocycles. The van der Waals surface area contributed by atoms with E-state index in [1.807, 2.05) is 0 Å². The molecule has 11 heteroatoms. The van der Waals surface area contributed by atoms with Crippen LogP contribution in [0, 0.1) is 0 Å². The fourth-order valence-corrected chi connectivity index (χ4v) is 3.10. The quantitative estimate of drug-likeness (QED) is 0.277. The van der Waals surface area contributed by atoms with E-state index >= 15 is 0 Å². The zero-order chi connectivity index (χ0) is 25.5. The van der Waals surface area contributed by atoms with Crippen molar-refractivity contribution < 1.29 is 33.4 Å². The molecule has 186 valence electrons. The van der Waals surface area contributed by atoms with Crippen LogP contribution in [0.4, 0.5) is 4.79 Å². The summed E-state index contributed by atoms with van der Waals surface area (Å²) in [7, 11) is -1.42. The lowest BCUT2D eigenvalue weighted by Gasteiger charge is -2.34. The van der Waals surface area contributed by atoms with Crippen molar-refractivity contribution in [2.24, 2.45) is 11.5 Å². The van der Waals surface area contributed by atoms with E-state index in [0.717, 1.165) is 10.9 Å². The third-order valence-corrected chi connectivity index (χ3v) is 5.57. The molecular formula is C21H41N3O7Si. The Labute approximate surface area is 192 Å². The van der Waals surface area contributed by atoms with Crippen LogP contribution in [0.25, 0.3) is 0 Å². The largest absolute Gasteiger partial charge is 0.465 e. The van der Waals surface area contributed by atoms with Crippen molar-refractivity contribution in [3.63, 3.8) is 0 Å². The first-order valence-electron chi connectivity index (χ1n) is 10.6. The minimum atomic E-state index is -1.42. The van der Waals surface area contributed by atoms with Gasteiger partial charge in [-0.1, -0.05) is 19.6 Å². The van der Waals surface area contributed by atoms with Gasteiger partial charge in [-0.05, 0) is 47.6 Å². The van der Waals surface area contributed by atoms with Crippen molar-refractivity contribution in [1.29, 1.82) is 0 Å². The molecule has 2 atom stereocenters. The highest BCUT2D eigenvalue weighted by atomic mass is 28.3. The van der Waals surface area contributed by atoms with Crippen LogP contribution in [0.3, 0.4) is 0 Å². The predicted molar refractivity (Wildman–Crippen MR) is 123 cm³/mol. The maximum Gasteiger partial charge on any atom is 0.411 e. The molecule has 0 radical (unpaired) electrons. The minimum Gasteiger partial charge on any atom is -0.465 e. The third kappa shape index (κ3) is 13.3. The summed E-state index contributed by atoms with van der Waals surface area (Å²) in [6.45, 7) is 16.1. The number of nitrogens with two attached hydrogens (primary N) is 2. The van der Waals surface area contributed by atoms with Gasteiger partial charge >= 0.3 is 18.0 Å². The number of amides is 2. The maximum absolute atomic E-state index is 12.9. The summed E-state index contributed by atoms with van der Waals surface area (Å²) < 4.78 is 16.0. The number of carbonyl (C=O) groups is 4. The molecule has 2 amide bonds. The molecule has 10 nitrogen and oxygen atoms in total. The number of rotatable bonds is 10. The smallest absolute Gasteiger partial charge is 0.411 e. The topological polar surface area (TPSA) is 151 Å². The first kappa shape index (κ1) is 29.9. The molecule has 0 aliphatic rings. The highest BCUT2D eigenvalue weighted by Gasteiger charge is 2.38. The van der Waals surface area contributed by atoms with E-state index < -0.39 is 68.3 Å². The van der Waals surface area contributed by atoms with Gasteiger partial charge in [-0.25, -0.2) is 9.59 Å². The summed E-state index contributed by atoms with van der Waals surface area (Å²) in [4.78, 5) is 50.7. The Hall–Kier alpha value is -2.14. The van der Waals surface area contributed by atoms with E-state index in [9.17, 15) is 19.2 Å². The van der Waals surface area contributed by atoms with Gasteiger partial charge < -0.3 is 25.7 Å². The number of primary amides is 1. The van der Waals surface area contributed by atoms with Gasteiger partial charge in [0.25, 0.3) is 0 Å². The van der Waals surface area contributed by atoms with Gasteiger partial charge in [0.15, 0.2) is 0 Å². The van der Waals surface area contributed by atoms with Crippen LogP contribution < -0.4 is 11.5 Å². The zero-order valence-electron chi connectivity index (χ0n) is 20.9. The monoisotopic (exact) mass is 475 g/mol. The first-order valence-corrected chi connectivity index (χ1v) is 14.4. The lowest BCUT2D eigenvalue weighted by Crippen LogP contribution is -2.55. The van der Waals surface area contributed by atoms with Crippen molar-refractivity contribution in [3.8, 4) is 0 Å². The standard InChI is InChI=1S/C21H41N3O7Si/c1-20(2,3)30-18(27)15(12-16(23)25)24(19(28)31-21(4,5)6)13-14(22)17(26)29-10-11-32(7,8)9/h14-15H,10-13,22H2,1-9H3,(H2,23,25)/t14-,15+/m1/s1. The lowest BCUT2D eigenvalue weighted by molar-refractivity contribution is -0.163. The van der Waals surface area contributed by atoms with Crippen LogP contribution in [-0.2, 0) is 28.6 Å². The Bertz CT molecular complexity index is 678. The van der Waals surface area contributed by atoms with Gasteiger partial charge in [0, 0.05) is 8.07 Å². The Morgan fingerprint density at radius 1 is 0.906 bits per heavy atom. The summed E-state index contributed by atoms with van der Waals surface area (Å²) in [6.07, 6.45) is -1.45. The van der Waals surface area contributed by atoms with Crippen LogP contribution in [-0.4, -0.2) is 73.4 Å². The Balaban J connectivity index is 5.75. The number of hydrogen-bond acceptors (Lipinski definition) is 8. The van der Waals surface area contributed by atoms with Crippen LogP contribution >= 0.6 is 0 Å². The van der Waals surface area contributed by atoms with E-state index in [-0.39, 0.29) is 6.61 Å². The Morgan fingerprint density at radius 3 is 1.81 bits per heavy atom. The van der Waals surface area contributed by atoms with Crippen LogP contribution in [0.1, 0.15) is 48.0 Å². The third-order valence-electron chi connectivity index (χ3n) is 3.87. The molecule has 0 spiro atoms. The molecule has 32 heavy (non-hydrogen) atoms. The molecule has 0 rings (SSSR count). The molecule has 0 bridgehead atoms. The molecule has 0 aromatic carbocycles. The van der Waals surface area contributed by atoms with E-state index in [0.29, 0.717) is 0 Å². The predicted octanol–water partition coefficient (Wildman–Crippen LogP) is 2.02. The second kappa shape index (κ2) is 11.6. The van der Waals surface area contributed by atoms with E-state index in [4.69, 9.17) is 25.7 Å². The SMILES string of the molecule is CC(C)(C)OC(=O)[C@H](CC(N)=O)N(C[C@@H](N)C(=O)OCC[Si](C)(C)C)C(=O)OC(C)(C)C. The van der Waals surface area contributed by atoms with Crippen LogP contribution in [0.5, 0.6) is 0 Å². The highest BCUT2D eigenvalue weighted by molar-refractivity contribution is 6.76. The molecule has 0 unspecified atom stereocenters. The number of ether oxygens (including phenoxy) is 3. The normalized spacial score (nSPS) is 14.2. The van der Waals surface area contributed by atoms with Gasteiger partial charge in [-0.15, -0.1) is 0 Å². The second-order valence-corrected chi connectivity index (χ2v) is 16.6. The van der Waals surface area contributed by atoms with Crippen molar-refractivity contribution in [3.05, 3.63) is 0 Å². The van der Waals surface area contributed by atoms with E-state index in [1.165, 1.54) is 0 Å². The molecule has 0 aliphatic carbocycles. The molecule has 0 saturated heterocycles. The van der Waals surface area contributed by atoms with Crippen molar-refractivity contribution >= 4 is 32.0 Å². The van der Waals surface area contributed by atoms with Gasteiger partial charge in [-0.2, -0.15) is 0 Å². The molecule has 0 aromatic rings. The van der Waals surface area contributed by atoms with Crippen molar-refractivity contribution in [2.75, 3.05) is 13.2 Å². The summed E-state index contributed by atoms with van der Waals surface area (Å²) in [5.41, 5.74) is 9.51. The first-order chi connectivity index (χ1) is 14.2. The fraction of sp³-hybridized carbons (Fsp3) is 0.810. The van der Waals surface area contributed by atoms with E-state index in [2.05, 4.69) is 19.6 Å². The molecule has 0 aliphatic heterocycles. The van der Waals surface area contributed by atoms with Crippen molar-refractivity contribution in [2.45, 2.75) is 96.9 Å². The highest BCUT2D eigenvalue weighted by Crippen LogP contribution is 2.18. The van der Waals surface area contributed by atoms with Gasteiger partial charge in [-0.3, -0.25) is 14.5 Å². The number of hydrogen-bond donors (Lipinski definition) is 2. The summed E-state index contributed by atoms with van der Waals surface area (Å²) in [5.74, 6) is -2.42.